The number of nitrogens with zero attached hydrogens (tertiary/aromatic N) is 1. The predicted octanol–water partition coefficient (Wildman–Crippen LogP) is 2.56. The van der Waals surface area contributed by atoms with Gasteiger partial charge in [0.05, 0.1) is 22.9 Å². The highest BCUT2D eigenvalue weighted by molar-refractivity contribution is 7.18. The molecule has 0 radical (unpaired) electrons. The van der Waals surface area contributed by atoms with Crippen LogP contribution in [0.2, 0.25) is 0 Å². The molecule has 3 rings (SSSR count). The van der Waals surface area contributed by atoms with Crippen LogP contribution in [0.1, 0.15) is 17.8 Å². The van der Waals surface area contributed by atoms with Crippen molar-refractivity contribution in [2.24, 2.45) is 0 Å². The Kier molecular flexibility index (Phi) is 3.36. The Morgan fingerprint density at radius 1 is 1.29 bits per heavy atom. The molecule has 1 aromatic heterocycles. The first kappa shape index (κ1) is 11.1. The number of piperidine rings is 1. The van der Waals surface area contributed by atoms with Crippen LogP contribution in [0.4, 0.5) is 0 Å². The molecule has 2 aromatic rings. The van der Waals surface area contributed by atoms with Gasteiger partial charge in [-0.25, -0.2) is 4.98 Å². The van der Waals surface area contributed by atoms with Gasteiger partial charge in [0.1, 0.15) is 5.01 Å². The molecule has 3 nitrogen and oxygen atoms in total. The topological polar surface area (TPSA) is 34.1 Å². The van der Waals surface area contributed by atoms with Crippen LogP contribution in [0.5, 0.6) is 0 Å². The summed E-state index contributed by atoms with van der Waals surface area (Å²) in [5.74, 6) is 0. The van der Waals surface area contributed by atoms with Gasteiger partial charge in [0.15, 0.2) is 0 Å². The van der Waals surface area contributed by atoms with Crippen molar-refractivity contribution in [1.82, 2.24) is 10.3 Å². The Hall–Kier alpha value is -0.970. The second-order valence-corrected chi connectivity index (χ2v) is 5.45. The molecule has 2 heterocycles. The van der Waals surface area contributed by atoms with Gasteiger partial charge in [0, 0.05) is 0 Å². The van der Waals surface area contributed by atoms with E-state index in [4.69, 9.17) is 4.74 Å². The van der Waals surface area contributed by atoms with Crippen molar-refractivity contribution in [2.75, 3.05) is 13.1 Å². The number of benzene rings is 1. The largest absolute Gasteiger partial charge is 0.371 e. The van der Waals surface area contributed by atoms with Crippen molar-refractivity contribution in [3.8, 4) is 0 Å². The van der Waals surface area contributed by atoms with Gasteiger partial charge < -0.3 is 10.1 Å². The molecule has 17 heavy (non-hydrogen) atoms. The summed E-state index contributed by atoms with van der Waals surface area (Å²) in [6.07, 6.45) is 2.64. The van der Waals surface area contributed by atoms with E-state index in [9.17, 15) is 0 Å². The zero-order chi connectivity index (χ0) is 11.5. The fourth-order valence-electron chi connectivity index (χ4n) is 2.13. The zero-order valence-electron chi connectivity index (χ0n) is 9.69. The number of hydrogen-bond donors (Lipinski definition) is 1. The molecule has 90 valence electrons. The highest BCUT2D eigenvalue weighted by Crippen LogP contribution is 2.22. The van der Waals surface area contributed by atoms with Crippen LogP contribution < -0.4 is 5.32 Å². The number of aromatic nitrogens is 1. The molecule has 1 fully saturated rings. The quantitative estimate of drug-likeness (QED) is 0.906. The molecule has 0 unspecified atom stereocenters. The Labute approximate surface area is 105 Å². The van der Waals surface area contributed by atoms with Gasteiger partial charge in [-0.1, -0.05) is 12.1 Å². The summed E-state index contributed by atoms with van der Waals surface area (Å²) >= 11 is 1.73. The molecule has 0 amide bonds. The molecule has 0 saturated carbocycles. The molecule has 1 aromatic carbocycles. The predicted molar refractivity (Wildman–Crippen MR) is 70.3 cm³/mol. The van der Waals surface area contributed by atoms with Gasteiger partial charge in [0.2, 0.25) is 0 Å². The van der Waals surface area contributed by atoms with Crippen LogP contribution >= 0.6 is 11.3 Å². The Morgan fingerprint density at radius 3 is 2.94 bits per heavy atom. The first-order valence-corrected chi connectivity index (χ1v) is 6.90. The minimum atomic E-state index is 0.406. The third-order valence-electron chi connectivity index (χ3n) is 3.07. The lowest BCUT2D eigenvalue weighted by Crippen LogP contribution is -2.32. The van der Waals surface area contributed by atoms with Crippen molar-refractivity contribution < 1.29 is 4.74 Å². The standard InChI is InChI=1S/C13H16N2OS/c1-2-4-12-11(3-1)15-13(17-12)9-16-10-5-7-14-8-6-10/h1-4,10,14H,5-9H2. The maximum absolute atomic E-state index is 5.91. The molecular weight excluding hydrogens is 232 g/mol. The average molecular weight is 248 g/mol. The molecule has 1 aliphatic heterocycles. The van der Waals surface area contributed by atoms with Crippen molar-refractivity contribution in [3.63, 3.8) is 0 Å². The highest BCUT2D eigenvalue weighted by Gasteiger charge is 2.14. The molecule has 1 N–H and O–H groups in total. The summed E-state index contributed by atoms with van der Waals surface area (Å²) in [6, 6.07) is 8.25. The molecule has 4 heteroatoms. The molecule has 1 aliphatic rings. The van der Waals surface area contributed by atoms with Crippen LogP contribution in [0.25, 0.3) is 10.2 Å². The lowest BCUT2D eigenvalue weighted by Gasteiger charge is -2.22. The van der Waals surface area contributed by atoms with Gasteiger partial charge in [-0.3, -0.25) is 0 Å². The van der Waals surface area contributed by atoms with E-state index in [0.717, 1.165) is 36.5 Å². The lowest BCUT2D eigenvalue weighted by molar-refractivity contribution is 0.0212. The average Bonchev–Trinajstić information content (AvgIpc) is 2.80. The number of rotatable bonds is 3. The van der Waals surface area contributed by atoms with E-state index in [1.165, 1.54) is 4.70 Å². The van der Waals surface area contributed by atoms with Gasteiger partial charge in [-0.15, -0.1) is 11.3 Å². The Balaban J connectivity index is 1.64. The lowest BCUT2D eigenvalue weighted by atomic mass is 10.1. The third-order valence-corrected chi connectivity index (χ3v) is 4.08. The van der Waals surface area contributed by atoms with E-state index in [2.05, 4.69) is 28.5 Å². The van der Waals surface area contributed by atoms with E-state index >= 15 is 0 Å². The van der Waals surface area contributed by atoms with Gasteiger partial charge in [-0.2, -0.15) is 0 Å². The normalized spacial score (nSPS) is 17.6. The minimum Gasteiger partial charge on any atom is -0.371 e. The zero-order valence-corrected chi connectivity index (χ0v) is 10.5. The molecule has 0 atom stereocenters. The fourth-order valence-corrected chi connectivity index (χ4v) is 3.02. The smallest absolute Gasteiger partial charge is 0.120 e. The second kappa shape index (κ2) is 5.12. The summed E-state index contributed by atoms with van der Waals surface area (Å²) < 4.78 is 7.15. The van der Waals surface area contributed by atoms with E-state index in [1.54, 1.807) is 11.3 Å². The second-order valence-electron chi connectivity index (χ2n) is 4.34. The summed E-state index contributed by atoms with van der Waals surface area (Å²) in [4.78, 5) is 4.58. The van der Waals surface area contributed by atoms with Crippen LogP contribution in [-0.2, 0) is 11.3 Å². The first-order valence-electron chi connectivity index (χ1n) is 6.08. The number of hydrogen-bond acceptors (Lipinski definition) is 4. The minimum absolute atomic E-state index is 0.406. The van der Waals surface area contributed by atoms with Crippen molar-refractivity contribution in [1.29, 1.82) is 0 Å². The number of ether oxygens (including phenoxy) is 1. The van der Waals surface area contributed by atoms with Crippen molar-refractivity contribution in [3.05, 3.63) is 29.3 Å². The Morgan fingerprint density at radius 2 is 2.12 bits per heavy atom. The highest BCUT2D eigenvalue weighted by atomic mass is 32.1. The van der Waals surface area contributed by atoms with E-state index in [0.29, 0.717) is 12.7 Å². The van der Waals surface area contributed by atoms with Gasteiger partial charge in [-0.05, 0) is 38.1 Å². The summed E-state index contributed by atoms with van der Waals surface area (Å²) in [6.45, 7) is 2.80. The molecule has 0 spiro atoms. The Bertz CT molecular complexity index is 458. The van der Waals surface area contributed by atoms with Crippen molar-refractivity contribution >= 4 is 21.6 Å². The maximum Gasteiger partial charge on any atom is 0.120 e. The summed E-state index contributed by atoms with van der Waals surface area (Å²) in [5, 5.41) is 4.43. The van der Waals surface area contributed by atoms with Crippen LogP contribution in [0, 0.1) is 0 Å². The molecular formula is C13H16N2OS. The summed E-state index contributed by atoms with van der Waals surface area (Å²) in [7, 11) is 0. The SMILES string of the molecule is c1ccc2sc(COC3CCNCC3)nc2c1. The fraction of sp³-hybridized carbons (Fsp3) is 0.462. The van der Waals surface area contributed by atoms with E-state index < -0.39 is 0 Å². The van der Waals surface area contributed by atoms with Gasteiger partial charge in [0.25, 0.3) is 0 Å². The van der Waals surface area contributed by atoms with E-state index in [1.807, 2.05) is 6.07 Å². The number of thiazole rings is 1. The molecule has 1 saturated heterocycles. The molecule has 0 bridgehead atoms. The number of fused-ring (bicyclic) bond motifs is 1. The number of para-hydroxylation sites is 1. The van der Waals surface area contributed by atoms with Crippen LogP contribution in [-0.4, -0.2) is 24.2 Å². The van der Waals surface area contributed by atoms with Crippen LogP contribution in [0.15, 0.2) is 24.3 Å². The van der Waals surface area contributed by atoms with Crippen molar-refractivity contribution in [2.45, 2.75) is 25.6 Å². The monoisotopic (exact) mass is 248 g/mol. The van der Waals surface area contributed by atoms with E-state index in [-0.39, 0.29) is 0 Å². The maximum atomic E-state index is 5.91. The number of nitrogens with one attached hydrogen (secondary N) is 1. The molecule has 0 aliphatic carbocycles. The third kappa shape index (κ3) is 2.65. The van der Waals surface area contributed by atoms with Gasteiger partial charge >= 0.3 is 0 Å². The first-order chi connectivity index (χ1) is 8.42. The summed E-state index contributed by atoms with van der Waals surface area (Å²) in [5.41, 5.74) is 1.08. The van der Waals surface area contributed by atoms with Crippen LogP contribution in [0.3, 0.4) is 0 Å².